The number of nitrogens with zero attached hydrogens (tertiary/aromatic N) is 2. The molecule has 0 saturated carbocycles. The van der Waals surface area contributed by atoms with Gasteiger partial charge in [-0.2, -0.15) is 0 Å². The Kier molecular flexibility index (Phi) is 6.26. The molecule has 0 bridgehead atoms. The molecule has 2 N–H and O–H groups in total. The molecule has 148 valence electrons. The summed E-state index contributed by atoms with van der Waals surface area (Å²) in [6, 6.07) is 11.3. The largest absolute Gasteiger partial charge is 0.378 e. The van der Waals surface area contributed by atoms with Crippen LogP contribution < -0.4 is 15.5 Å². The maximum atomic E-state index is 12.9. The van der Waals surface area contributed by atoms with Crippen molar-refractivity contribution in [2.75, 3.05) is 36.5 Å². The van der Waals surface area contributed by atoms with Crippen LogP contribution in [0.4, 0.5) is 11.4 Å². The normalized spacial score (nSPS) is 14.4. The van der Waals surface area contributed by atoms with Gasteiger partial charge in [0.1, 0.15) is 5.41 Å². The molecule has 2 amide bonds. The van der Waals surface area contributed by atoms with E-state index < -0.39 is 5.41 Å². The van der Waals surface area contributed by atoms with Crippen LogP contribution in [0.5, 0.6) is 0 Å². The quantitative estimate of drug-likeness (QED) is 0.749. The zero-order valence-electron chi connectivity index (χ0n) is 16.3. The van der Waals surface area contributed by atoms with E-state index in [1.54, 1.807) is 26.2 Å². The van der Waals surface area contributed by atoms with Crippen LogP contribution in [0.25, 0.3) is 0 Å². The van der Waals surface area contributed by atoms with Crippen molar-refractivity contribution in [1.82, 2.24) is 10.3 Å². The topological polar surface area (TPSA) is 83.6 Å². The first kappa shape index (κ1) is 19.8. The van der Waals surface area contributed by atoms with E-state index in [-0.39, 0.29) is 11.8 Å². The zero-order valence-corrected chi connectivity index (χ0v) is 16.3. The van der Waals surface area contributed by atoms with Crippen LogP contribution in [0, 0.1) is 5.41 Å². The van der Waals surface area contributed by atoms with Crippen molar-refractivity contribution in [3.63, 3.8) is 0 Å². The summed E-state index contributed by atoms with van der Waals surface area (Å²) in [6.07, 6.45) is 3.34. The van der Waals surface area contributed by atoms with Crippen molar-refractivity contribution >= 4 is 23.2 Å². The predicted octanol–water partition coefficient (Wildman–Crippen LogP) is 2.20. The van der Waals surface area contributed by atoms with Gasteiger partial charge in [0, 0.05) is 32.0 Å². The maximum absolute atomic E-state index is 12.9. The van der Waals surface area contributed by atoms with Crippen LogP contribution in [0.1, 0.15) is 19.4 Å². The van der Waals surface area contributed by atoms with Gasteiger partial charge in [-0.1, -0.05) is 12.1 Å². The Hall–Kier alpha value is -2.93. The van der Waals surface area contributed by atoms with Gasteiger partial charge in [-0.15, -0.1) is 0 Å². The molecule has 0 atom stereocenters. The number of ether oxygens (including phenoxy) is 1. The van der Waals surface area contributed by atoms with E-state index in [1.807, 2.05) is 36.4 Å². The van der Waals surface area contributed by atoms with Crippen LogP contribution >= 0.6 is 0 Å². The fourth-order valence-corrected chi connectivity index (χ4v) is 2.94. The van der Waals surface area contributed by atoms with Crippen molar-refractivity contribution in [2.24, 2.45) is 5.41 Å². The number of pyridine rings is 1. The van der Waals surface area contributed by atoms with E-state index >= 15 is 0 Å². The van der Waals surface area contributed by atoms with Crippen molar-refractivity contribution in [3.8, 4) is 0 Å². The van der Waals surface area contributed by atoms with Crippen LogP contribution in [0.2, 0.25) is 0 Å². The summed E-state index contributed by atoms with van der Waals surface area (Å²) in [7, 11) is 0. The summed E-state index contributed by atoms with van der Waals surface area (Å²) in [6.45, 7) is 6.45. The first-order chi connectivity index (χ1) is 13.5. The molecule has 7 heteroatoms. The van der Waals surface area contributed by atoms with E-state index in [4.69, 9.17) is 4.74 Å². The molecular weight excluding hydrogens is 356 g/mol. The molecule has 2 heterocycles. The van der Waals surface area contributed by atoms with E-state index in [0.29, 0.717) is 25.4 Å². The Bertz CT molecular complexity index is 817. The van der Waals surface area contributed by atoms with Gasteiger partial charge in [-0.25, -0.2) is 0 Å². The fourth-order valence-electron chi connectivity index (χ4n) is 2.94. The number of nitrogens with one attached hydrogen (secondary N) is 2. The average Bonchev–Trinajstić information content (AvgIpc) is 2.73. The highest BCUT2D eigenvalue weighted by atomic mass is 16.5. The fraction of sp³-hybridized carbons (Fsp3) is 0.381. The lowest BCUT2D eigenvalue weighted by atomic mass is 9.90. The number of hydrogen-bond donors (Lipinski definition) is 2. The molecule has 0 radical (unpaired) electrons. The SMILES string of the molecule is CC(C)(C(=O)NCc1ccncc1)C(=O)Nc1ccccc1N1CCOCC1. The highest BCUT2D eigenvalue weighted by Crippen LogP contribution is 2.28. The Morgan fingerprint density at radius 2 is 1.75 bits per heavy atom. The molecule has 2 aromatic rings. The molecule has 0 spiro atoms. The molecule has 1 fully saturated rings. The molecule has 1 aromatic heterocycles. The second kappa shape index (κ2) is 8.84. The number of rotatable bonds is 6. The Labute approximate surface area is 165 Å². The molecular formula is C21H26N4O3. The number of aromatic nitrogens is 1. The van der Waals surface area contributed by atoms with E-state index in [9.17, 15) is 9.59 Å². The van der Waals surface area contributed by atoms with Gasteiger partial charge in [-0.3, -0.25) is 14.6 Å². The number of amides is 2. The maximum Gasteiger partial charge on any atom is 0.239 e. The Balaban J connectivity index is 1.66. The number of carbonyl (C=O) groups excluding carboxylic acids is 2. The summed E-state index contributed by atoms with van der Waals surface area (Å²) >= 11 is 0. The standard InChI is InChI=1S/C21H26N4O3/c1-21(2,19(26)23-15-16-7-9-22-10-8-16)20(27)24-17-5-3-4-6-18(17)25-11-13-28-14-12-25/h3-10H,11-15H2,1-2H3,(H,23,26)(H,24,27). The predicted molar refractivity (Wildman–Crippen MR) is 108 cm³/mol. The number of benzene rings is 1. The molecule has 1 aliphatic heterocycles. The molecule has 1 aromatic carbocycles. The van der Waals surface area contributed by atoms with Gasteiger partial charge < -0.3 is 20.3 Å². The summed E-state index contributed by atoms with van der Waals surface area (Å²) in [4.78, 5) is 31.7. The number of anilines is 2. The lowest BCUT2D eigenvalue weighted by Gasteiger charge is -2.31. The van der Waals surface area contributed by atoms with Crippen molar-refractivity contribution in [1.29, 1.82) is 0 Å². The van der Waals surface area contributed by atoms with Crippen LogP contribution in [-0.4, -0.2) is 43.1 Å². The second-order valence-corrected chi connectivity index (χ2v) is 7.23. The third-order valence-corrected chi connectivity index (χ3v) is 4.84. The van der Waals surface area contributed by atoms with E-state index in [0.717, 1.165) is 24.3 Å². The minimum absolute atomic E-state index is 0.328. The van der Waals surface area contributed by atoms with Gasteiger partial charge in [0.2, 0.25) is 11.8 Å². The summed E-state index contributed by atoms with van der Waals surface area (Å²) < 4.78 is 5.41. The molecule has 7 nitrogen and oxygen atoms in total. The van der Waals surface area contributed by atoms with E-state index in [1.165, 1.54) is 0 Å². The number of para-hydroxylation sites is 2. The van der Waals surface area contributed by atoms with Gasteiger partial charge in [0.15, 0.2) is 0 Å². The minimum atomic E-state index is -1.22. The zero-order chi connectivity index (χ0) is 20.0. The number of morpholine rings is 1. The monoisotopic (exact) mass is 382 g/mol. The highest BCUT2D eigenvalue weighted by Gasteiger charge is 2.36. The molecule has 0 aliphatic carbocycles. The molecule has 1 saturated heterocycles. The van der Waals surface area contributed by atoms with E-state index in [2.05, 4.69) is 20.5 Å². The molecule has 1 aliphatic rings. The summed E-state index contributed by atoms with van der Waals surface area (Å²) in [5.74, 6) is -0.675. The van der Waals surface area contributed by atoms with Crippen LogP contribution in [-0.2, 0) is 20.9 Å². The molecule has 28 heavy (non-hydrogen) atoms. The van der Waals surface area contributed by atoms with Crippen LogP contribution in [0.15, 0.2) is 48.8 Å². The van der Waals surface area contributed by atoms with Gasteiger partial charge >= 0.3 is 0 Å². The minimum Gasteiger partial charge on any atom is -0.378 e. The highest BCUT2D eigenvalue weighted by molar-refractivity contribution is 6.10. The molecule has 0 unspecified atom stereocenters. The van der Waals surface area contributed by atoms with Gasteiger partial charge in [-0.05, 0) is 43.7 Å². The molecule has 3 rings (SSSR count). The first-order valence-electron chi connectivity index (χ1n) is 9.39. The van der Waals surface area contributed by atoms with Crippen molar-refractivity contribution < 1.29 is 14.3 Å². The number of carbonyl (C=O) groups is 2. The Morgan fingerprint density at radius 3 is 2.46 bits per heavy atom. The third kappa shape index (κ3) is 4.67. The lowest BCUT2D eigenvalue weighted by molar-refractivity contribution is -0.138. The summed E-state index contributed by atoms with van der Waals surface area (Å²) in [5.41, 5.74) is 1.35. The number of hydrogen-bond acceptors (Lipinski definition) is 5. The van der Waals surface area contributed by atoms with Gasteiger partial charge in [0.25, 0.3) is 0 Å². The lowest BCUT2D eigenvalue weighted by Crippen LogP contribution is -2.45. The van der Waals surface area contributed by atoms with Gasteiger partial charge in [0.05, 0.1) is 24.6 Å². The van der Waals surface area contributed by atoms with Crippen molar-refractivity contribution in [3.05, 3.63) is 54.4 Å². The summed E-state index contributed by atoms with van der Waals surface area (Å²) in [5, 5.41) is 5.76. The first-order valence-corrected chi connectivity index (χ1v) is 9.39. The second-order valence-electron chi connectivity index (χ2n) is 7.23. The average molecular weight is 382 g/mol. The third-order valence-electron chi connectivity index (χ3n) is 4.84. The van der Waals surface area contributed by atoms with Crippen molar-refractivity contribution in [2.45, 2.75) is 20.4 Å². The van der Waals surface area contributed by atoms with Crippen LogP contribution in [0.3, 0.4) is 0 Å². The Morgan fingerprint density at radius 1 is 1.07 bits per heavy atom. The smallest absolute Gasteiger partial charge is 0.239 e.